The van der Waals surface area contributed by atoms with E-state index in [1.165, 1.54) is 23.5 Å². The van der Waals surface area contributed by atoms with Crippen LogP contribution in [0.3, 0.4) is 0 Å². The highest BCUT2D eigenvalue weighted by Crippen LogP contribution is 2.19. The van der Waals surface area contributed by atoms with E-state index in [0.717, 1.165) is 20.9 Å². The number of nitrogens with zero attached hydrogens (tertiary/aromatic N) is 2. The van der Waals surface area contributed by atoms with Crippen LogP contribution in [0, 0.1) is 11.8 Å². The number of aliphatic hydroxyl groups is 1. The van der Waals surface area contributed by atoms with Gasteiger partial charge in [-0.3, -0.25) is 29.1 Å². The minimum atomic E-state index is -1.27. The number of aliphatic hydroxyl groups excluding tert-OH is 1. The van der Waals surface area contributed by atoms with E-state index in [-0.39, 0.29) is 48.0 Å². The van der Waals surface area contributed by atoms with Crippen molar-refractivity contribution in [1.82, 2.24) is 31.2 Å². The topological polar surface area (TPSA) is 162 Å². The Hall–Kier alpha value is -4.72. The highest BCUT2D eigenvalue weighted by atomic mass is 32.2. The molecule has 2 aromatic carbocycles. The molecule has 0 bridgehead atoms. The molecule has 0 aliphatic heterocycles. The molecule has 13 heteroatoms. The molecule has 5 N–H and O–H groups in total. The van der Waals surface area contributed by atoms with E-state index in [1.54, 1.807) is 24.8 Å². The summed E-state index contributed by atoms with van der Waals surface area (Å²) in [6.45, 7) is 7.38. The molecule has 4 amide bonds. The summed E-state index contributed by atoms with van der Waals surface area (Å²) in [6, 6.07) is 22.7. The Bertz CT molecular complexity index is 1620. The monoisotopic (exact) mass is 770 g/mol. The van der Waals surface area contributed by atoms with Gasteiger partial charge in [0, 0.05) is 34.6 Å². The van der Waals surface area contributed by atoms with Crippen molar-refractivity contribution in [2.75, 3.05) is 11.5 Å². The summed E-state index contributed by atoms with van der Waals surface area (Å²) in [5.41, 5.74) is 1.73. The number of pyridine rings is 2. The normalized spacial score (nSPS) is 13.5. The fourth-order valence-corrected chi connectivity index (χ4v) is 7.13. The standard InChI is InChI=1S/C41H50N6O5S2/c1-27(2)37(46-35(48)25-53-31-15-19-42-20-16-31)40(51)44-33(23-29-11-7-5-8-12-29)39(50)34(24-30-13-9-6-10-14-30)45-41(52)38(28(3)4)47-36(49)26-54-32-17-21-43-22-18-32/h5-22,27-28,33-34,37-39,50H,23-26H2,1-4H3,(H,44,51)(H,45,52)(H,46,48)(H,47,49)/t33-,34-,37-,38-/m0/s1. The number of hydrogen-bond acceptors (Lipinski definition) is 9. The van der Waals surface area contributed by atoms with E-state index in [0.29, 0.717) is 0 Å². The number of nitrogens with one attached hydrogen (secondary N) is 4. The molecule has 0 aliphatic rings. The number of carbonyl (C=O) groups is 4. The van der Waals surface area contributed by atoms with Gasteiger partial charge in [0.15, 0.2) is 0 Å². The molecular formula is C41H50N6O5S2. The molecule has 0 saturated heterocycles. The van der Waals surface area contributed by atoms with E-state index in [9.17, 15) is 24.3 Å². The second-order valence-corrected chi connectivity index (χ2v) is 15.7. The van der Waals surface area contributed by atoms with E-state index >= 15 is 0 Å². The second kappa shape index (κ2) is 21.9. The zero-order chi connectivity index (χ0) is 38.9. The summed E-state index contributed by atoms with van der Waals surface area (Å²) < 4.78 is 0. The first kappa shape index (κ1) is 42.0. The molecule has 0 saturated carbocycles. The lowest BCUT2D eigenvalue weighted by Gasteiger charge is -2.34. The molecule has 2 aromatic heterocycles. The van der Waals surface area contributed by atoms with Crippen LogP contribution in [0.5, 0.6) is 0 Å². The minimum Gasteiger partial charge on any atom is -0.389 e. The molecule has 0 unspecified atom stereocenters. The van der Waals surface area contributed by atoms with Gasteiger partial charge in [-0.2, -0.15) is 0 Å². The molecule has 0 spiro atoms. The van der Waals surface area contributed by atoms with Gasteiger partial charge in [-0.25, -0.2) is 0 Å². The van der Waals surface area contributed by atoms with E-state index < -0.39 is 42.1 Å². The molecule has 0 aliphatic carbocycles. The predicted molar refractivity (Wildman–Crippen MR) is 214 cm³/mol. The van der Waals surface area contributed by atoms with Gasteiger partial charge in [-0.15, -0.1) is 23.5 Å². The van der Waals surface area contributed by atoms with Crippen LogP contribution in [0.25, 0.3) is 0 Å². The Morgan fingerprint density at radius 3 is 1.24 bits per heavy atom. The Morgan fingerprint density at radius 2 is 0.907 bits per heavy atom. The minimum absolute atomic E-state index is 0.109. The quantitative estimate of drug-likeness (QED) is 0.0818. The van der Waals surface area contributed by atoms with E-state index in [1.807, 2.05) is 113 Å². The molecule has 0 fully saturated rings. The first-order valence-electron chi connectivity index (χ1n) is 18.0. The second-order valence-electron chi connectivity index (χ2n) is 13.6. The first-order valence-corrected chi connectivity index (χ1v) is 20.0. The summed E-state index contributed by atoms with van der Waals surface area (Å²) in [6.07, 6.45) is 5.85. The molecule has 286 valence electrons. The van der Waals surface area contributed by atoms with Crippen molar-refractivity contribution >= 4 is 47.2 Å². The van der Waals surface area contributed by atoms with Gasteiger partial charge in [0.2, 0.25) is 23.6 Å². The predicted octanol–water partition coefficient (Wildman–Crippen LogP) is 4.46. The number of carbonyl (C=O) groups excluding carboxylic acids is 4. The fourth-order valence-electron chi connectivity index (χ4n) is 5.74. The molecule has 4 aromatic rings. The average Bonchev–Trinajstić information content (AvgIpc) is 3.17. The maximum absolute atomic E-state index is 14.0. The van der Waals surface area contributed by atoms with Gasteiger partial charge < -0.3 is 26.4 Å². The Morgan fingerprint density at radius 1 is 0.556 bits per heavy atom. The lowest BCUT2D eigenvalue weighted by atomic mass is 9.91. The van der Waals surface area contributed by atoms with Crippen molar-refractivity contribution in [1.29, 1.82) is 0 Å². The van der Waals surface area contributed by atoms with Crippen LogP contribution in [0.4, 0.5) is 0 Å². The fraction of sp³-hybridized carbons (Fsp3) is 0.366. The van der Waals surface area contributed by atoms with Crippen LogP contribution in [0.1, 0.15) is 38.8 Å². The third-order valence-electron chi connectivity index (χ3n) is 8.65. The summed E-state index contributed by atoms with van der Waals surface area (Å²) >= 11 is 2.68. The number of benzene rings is 2. The van der Waals surface area contributed by atoms with E-state index in [4.69, 9.17) is 0 Å². The van der Waals surface area contributed by atoms with Crippen LogP contribution in [-0.4, -0.2) is 80.5 Å². The van der Waals surface area contributed by atoms with Gasteiger partial charge in [-0.05, 0) is 60.1 Å². The maximum atomic E-state index is 14.0. The third kappa shape index (κ3) is 13.9. The lowest BCUT2D eigenvalue weighted by molar-refractivity contribution is -0.131. The van der Waals surface area contributed by atoms with Gasteiger partial charge >= 0.3 is 0 Å². The van der Waals surface area contributed by atoms with Crippen LogP contribution in [0.15, 0.2) is 120 Å². The molecule has 54 heavy (non-hydrogen) atoms. The third-order valence-corrected chi connectivity index (χ3v) is 10.7. The summed E-state index contributed by atoms with van der Waals surface area (Å²) in [5.74, 6) is -1.81. The zero-order valence-electron chi connectivity index (χ0n) is 31.1. The number of amides is 4. The Balaban J connectivity index is 1.54. The zero-order valence-corrected chi connectivity index (χ0v) is 32.7. The number of hydrogen-bond donors (Lipinski definition) is 5. The van der Waals surface area contributed by atoms with Gasteiger partial charge in [-0.1, -0.05) is 88.4 Å². The highest BCUT2D eigenvalue weighted by Gasteiger charge is 2.35. The highest BCUT2D eigenvalue weighted by molar-refractivity contribution is 8.00. The first-order chi connectivity index (χ1) is 26.0. The van der Waals surface area contributed by atoms with Crippen molar-refractivity contribution in [2.24, 2.45) is 11.8 Å². The van der Waals surface area contributed by atoms with Crippen molar-refractivity contribution in [3.8, 4) is 0 Å². The number of rotatable bonds is 20. The average molecular weight is 771 g/mol. The molecular weight excluding hydrogens is 721 g/mol. The van der Waals surface area contributed by atoms with E-state index in [2.05, 4.69) is 31.2 Å². The van der Waals surface area contributed by atoms with Crippen molar-refractivity contribution in [3.63, 3.8) is 0 Å². The number of aromatic nitrogens is 2. The van der Waals surface area contributed by atoms with Crippen LogP contribution in [-0.2, 0) is 32.0 Å². The van der Waals surface area contributed by atoms with Crippen LogP contribution >= 0.6 is 23.5 Å². The Kier molecular flexibility index (Phi) is 17.0. The van der Waals surface area contributed by atoms with Crippen LogP contribution in [0.2, 0.25) is 0 Å². The Labute approximate surface area is 326 Å². The molecule has 4 rings (SSSR count). The maximum Gasteiger partial charge on any atom is 0.243 e. The molecule has 2 heterocycles. The summed E-state index contributed by atoms with van der Waals surface area (Å²) in [5, 5.41) is 24.0. The van der Waals surface area contributed by atoms with Gasteiger partial charge in [0.25, 0.3) is 0 Å². The summed E-state index contributed by atoms with van der Waals surface area (Å²) in [7, 11) is 0. The number of thioether (sulfide) groups is 2. The molecule has 11 nitrogen and oxygen atoms in total. The van der Waals surface area contributed by atoms with Gasteiger partial charge in [0.05, 0.1) is 29.7 Å². The van der Waals surface area contributed by atoms with Crippen molar-refractivity contribution in [2.45, 2.75) is 80.6 Å². The lowest BCUT2D eigenvalue weighted by Crippen LogP contribution is -2.61. The van der Waals surface area contributed by atoms with Crippen LogP contribution < -0.4 is 21.3 Å². The molecule has 0 radical (unpaired) electrons. The largest absolute Gasteiger partial charge is 0.389 e. The SMILES string of the molecule is CC(C)[C@H](NC(=O)CSc1ccncc1)C(=O)N[C@@H](Cc1ccccc1)C(O)[C@H](Cc1ccccc1)NC(=O)[C@@H](NC(=O)CSc1ccncc1)C(C)C. The molecule has 4 atom stereocenters. The smallest absolute Gasteiger partial charge is 0.243 e. The van der Waals surface area contributed by atoms with Gasteiger partial charge in [0.1, 0.15) is 12.1 Å². The summed E-state index contributed by atoms with van der Waals surface area (Å²) in [4.78, 5) is 63.8. The van der Waals surface area contributed by atoms with Crippen molar-refractivity contribution < 1.29 is 24.3 Å². The van der Waals surface area contributed by atoms with Crippen molar-refractivity contribution in [3.05, 3.63) is 121 Å².